The largest absolute Gasteiger partial charge is 0.439 e. The summed E-state index contributed by atoms with van der Waals surface area (Å²) in [5.41, 5.74) is 0.944. The van der Waals surface area contributed by atoms with Crippen LogP contribution in [0.2, 0.25) is 5.02 Å². The predicted molar refractivity (Wildman–Crippen MR) is 101 cm³/mol. The number of piperazine rings is 1. The van der Waals surface area contributed by atoms with Crippen LogP contribution in [-0.4, -0.2) is 53.6 Å². The number of urea groups is 1. The lowest BCUT2D eigenvalue weighted by atomic mass is 10.2. The maximum Gasteiger partial charge on any atom is 0.317 e. The van der Waals surface area contributed by atoms with Crippen molar-refractivity contribution in [3.63, 3.8) is 0 Å². The second-order valence-corrected chi connectivity index (χ2v) is 6.44. The van der Waals surface area contributed by atoms with Crippen LogP contribution in [0.25, 0.3) is 0 Å². The minimum absolute atomic E-state index is 0.0167. The Balaban J connectivity index is 1.64. The van der Waals surface area contributed by atoms with Crippen molar-refractivity contribution in [2.45, 2.75) is 13.8 Å². The molecular formula is C18H22ClN5O2. The second-order valence-electron chi connectivity index (χ2n) is 6.04. The fraction of sp³-hybridized carbons (Fsp3) is 0.389. The van der Waals surface area contributed by atoms with Gasteiger partial charge in [0.05, 0.1) is 0 Å². The Morgan fingerprint density at radius 1 is 1.23 bits per heavy atom. The van der Waals surface area contributed by atoms with Gasteiger partial charge in [-0.2, -0.15) is 0 Å². The Morgan fingerprint density at radius 3 is 2.69 bits per heavy atom. The molecule has 0 radical (unpaired) electrons. The minimum atomic E-state index is -0.0167. The quantitative estimate of drug-likeness (QED) is 0.889. The summed E-state index contributed by atoms with van der Waals surface area (Å²) < 4.78 is 5.83. The zero-order valence-electron chi connectivity index (χ0n) is 14.9. The van der Waals surface area contributed by atoms with Gasteiger partial charge in [0, 0.05) is 43.8 Å². The molecule has 2 aromatic rings. The molecule has 0 bridgehead atoms. The Morgan fingerprint density at radius 2 is 2.00 bits per heavy atom. The van der Waals surface area contributed by atoms with Gasteiger partial charge in [-0.05, 0) is 37.6 Å². The summed E-state index contributed by atoms with van der Waals surface area (Å²) in [5.74, 6) is 1.94. The first-order valence-electron chi connectivity index (χ1n) is 8.60. The molecule has 1 aliphatic heterocycles. The number of carbonyl (C=O) groups is 1. The fourth-order valence-corrected chi connectivity index (χ4v) is 2.88. The molecule has 1 N–H and O–H groups in total. The number of hydrogen-bond acceptors (Lipinski definition) is 5. The van der Waals surface area contributed by atoms with Gasteiger partial charge in [0.1, 0.15) is 17.9 Å². The van der Waals surface area contributed by atoms with E-state index in [-0.39, 0.29) is 6.03 Å². The molecule has 0 aliphatic carbocycles. The molecular weight excluding hydrogens is 354 g/mol. The highest BCUT2D eigenvalue weighted by molar-refractivity contribution is 6.31. The van der Waals surface area contributed by atoms with Crippen LogP contribution in [0.4, 0.5) is 10.6 Å². The molecule has 0 unspecified atom stereocenters. The highest BCUT2D eigenvalue weighted by Gasteiger charge is 2.21. The smallest absolute Gasteiger partial charge is 0.317 e. The van der Waals surface area contributed by atoms with Gasteiger partial charge in [0.15, 0.2) is 0 Å². The number of halogens is 1. The van der Waals surface area contributed by atoms with E-state index in [4.69, 9.17) is 16.3 Å². The lowest BCUT2D eigenvalue weighted by Gasteiger charge is -2.35. The first-order chi connectivity index (χ1) is 12.6. The number of anilines is 1. The maximum atomic E-state index is 11.9. The maximum absolute atomic E-state index is 11.9. The van der Waals surface area contributed by atoms with E-state index in [0.717, 1.165) is 11.4 Å². The number of nitrogens with one attached hydrogen (secondary N) is 1. The van der Waals surface area contributed by atoms with E-state index in [1.807, 2.05) is 36.9 Å². The zero-order valence-corrected chi connectivity index (χ0v) is 15.7. The van der Waals surface area contributed by atoms with E-state index in [2.05, 4.69) is 20.2 Å². The Hall–Kier alpha value is -2.54. The van der Waals surface area contributed by atoms with Crippen LogP contribution in [0.5, 0.6) is 11.6 Å². The molecule has 7 nitrogen and oxygen atoms in total. The molecule has 1 saturated heterocycles. The normalized spacial score (nSPS) is 14.3. The monoisotopic (exact) mass is 375 g/mol. The van der Waals surface area contributed by atoms with E-state index in [1.54, 1.807) is 6.07 Å². The number of hydrogen-bond donors (Lipinski definition) is 1. The summed E-state index contributed by atoms with van der Waals surface area (Å²) in [5, 5.41) is 3.53. The highest BCUT2D eigenvalue weighted by atomic mass is 35.5. The molecule has 2 heterocycles. The van der Waals surface area contributed by atoms with Crippen LogP contribution in [0.15, 0.2) is 30.6 Å². The molecule has 0 atom stereocenters. The lowest BCUT2D eigenvalue weighted by Crippen LogP contribution is -2.52. The molecule has 1 fully saturated rings. The van der Waals surface area contributed by atoms with Crippen molar-refractivity contribution in [1.82, 2.24) is 20.2 Å². The van der Waals surface area contributed by atoms with Crippen LogP contribution < -0.4 is 15.0 Å². The summed E-state index contributed by atoms with van der Waals surface area (Å²) in [6.07, 6.45) is 1.49. The molecule has 8 heteroatoms. The summed E-state index contributed by atoms with van der Waals surface area (Å²) in [6.45, 7) is 7.22. The first-order valence-corrected chi connectivity index (χ1v) is 8.98. The number of nitrogens with zero attached hydrogens (tertiary/aromatic N) is 4. The van der Waals surface area contributed by atoms with Crippen LogP contribution in [0, 0.1) is 6.92 Å². The minimum Gasteiger partial charge on any atom is -0.439 e. The summed E-state index contributed by atoms with van der Waals surface area (Å²) in [6, 6.07) is 7.27. The van der Waals surface area contributed by atoms with Crippen LogP contribution in [0.1, 0.15) is 12.5 Å². The van der Waals surface area contributed by atoms with Gasteiger partial charge in [0.2, 0.25) is 5.88 Å². The van der Waals surface area contributed by atoms with Crippen molar-refractivity contribution < 1.29 is 9.53 Å². The van der Waals surface area contributed by atoms with Crippen molar-refractivity contribution in [3.05, 3.63) is 41.2 Å². The van der Waals surface area contributed by atoms with Crippen LogP contribution in [0.3, 0.4) is 0 Å². The van der Waals surface area contributed by atoms with Crippen molar-refractivity contribution >= 4 is 23.4 Å². The van der Waals surface area contributed by atoms with Gasteiger partial charge < -0.3 is 19.9 Å². The number of rotatable bonds is 4. The van der Waals surface area contributed by atoms with Gasteiger partial charge in [-0.3, -0.25) is 0 Å². The molecule has 1 aromatic heterocycles. The molecule has 1 aromatic carbocycles. The standard InChI is InChI=1S/C18H22ClN5O2/c1-3-20-18(25)24-8-6-23(7-9-24)16-11-17(22-12-21-16)26-14-4-5-15(19)13(2)10-14/h4-5,10-12H,3,6-9H2,1-2H3,(H,20,25). The number of carbonyl (C=O) groups excluding carboxylic acids is 1. The first kappa shape index (κ1) is 18.3. The number of benzene rings is 1. The summed E-state index contributed by atoms with van der Waals surface area (Å²) in [4.78, 5) is 24.3. The van der Waals surface area contributed by atoms with Crippen molar-refractivity contribution in [2.75, 3.05) is 37.6 Å². The Kier molecular flexibility index (Phi) is 5.78. The molecule has 1 aliphatic rings. The Bertz CT molecular complexity index is 778. The molecule has 2 amide bonds. The van der Waals surface area contributed by atoms with Crippen LogP contribution >= 0.6 is 11.6 Å². The van der Waals surface area contributed by atoms with Gasteiger partial charge >= 0.3 is 6.03 Å². The predicted octanol–water partition coefficient (Wildman–Crippen LogP) is 3.08. The van der Waals surface area contributed by atoms with E-state index in [1.165, 1.54) is 6.33 Å². The molecule has 26 heavy (non-hydrogen) atoms. The van der Waals surface area contributed by atoms with Gasteiger partial charge in [-0.15, -0.1) is 0 Å². The van der Waals surface area contributed by atoms with E-state index < -0.39 is 0 Å². The van der Waals surface area contributed by atoms with Gasteiger partial charge in [-0.1, -0.05) is 11.6 Å². The third-order valence-electron chi connectivity index (χ3n) is 4.20. The lowest BCUT2D eigenvalue weighted by molar-refractivity contribution is 0.195. The summed E-state index contributed by atoms with van der Waals surface area (Å²) in [7, 11) is 0. The molecule has 0 saturated carbocycles. The SMILES string of the molecule is CCNC(=O)N1CCN(c2cc(Oc3ccc(Cl)c(C)c3)ncn2)CC1. The van der Waals surface area contributed by atoms with Crippen molar-refractivity contribution in [3.8, 4) is 11.6 Å². The average molecular weight is 376 g/mol. The van der Waals surface area contributed by atoms with Gasteiger partial charge in [0.25, 0.3) is 0 Å². The number of aromatic nitrogens is 2. The third-order valence-corrected chi connectivity index (χ3v) is 4.62. The summed E-state index contributed by atoms with van der Waals surface area (Å²) >= 11 is 6.04. The zero-order chi connectivity index (χ0) is 18.5. The van der Waals surface area contributed by atoms with E-state index in [9.17, 15) is 4.79 Å². The molecule has 0 spiro atoms. The fourth-order valence-electron chi connectivity index (χ4n) is 2.76. The molecule has 3 rings (SSSR count). The molecule has 138 valence electrons. The van der Waals surface area contributed by atoms with E-state index >= 15 is 0 Å². The number of aryl methyl sites for hydroxylation is 1. The topological polar surface area (TPSA) is 70.6 Å². The number of amides is 2. The second kappa shape index (κ2) is 8.23. The van der Waals surface area contributed by atoms with Crippen molar-refractivity contribution in [1.29, 1.82) is 0 Å². The van der Waals surface area contributed by atoms with Crippen LogP contribution in [-0.2, 0) is 0 Å². The van der Waals surface area contributed by atoms with E-state index in [0.29, 0.717) is 49.4 Å². The average Bonchev–Trinajstić information content (AvgIpc) is 2.65. The van der Waals surface area contributed by atoms with Crippen molar-refractivity contribution in [2.24, 2.45) is 0 Å². The third kappa shape index (κ3) is 4.35. The van der Waals surface area contributed by atoms with Gasteiger partial charge in [-0.25, -0.2) is 14.8 Å². The highest BCUT2D eigenvalue weighted by Crippen LogP contribution is 2.26. The number of ether oxygens (including phenoxy) is 1. The Labute approximate surface area is 157 Å².